The Morgan fingerprint density at radius 2 is 1.96 bits per heavy atom. The van der Waals surface area contributed by atoms with E-state index in [1.807, 2.05) is 31.3 Å². The van der Waals surface area contributed by atoms with Crippen molar-refractivity contribution in [3.05, 3.63) is 70.8 Å². The van der Waals surface area contributed by atoms with Crippen molar-refractivity contribution in [2.45, 2.75) is 6.42 Å². The number of H-pyrrole nitrogens is 1. The Balaban J connectivity index is 1.69. The average Bonchev–Trinajstić information content (AvgIpc) is 2.62. The average molecular weight is 321 g/mol. The monoisotopic (exact) mass is 321 g/mol. The Labute approximate surface area is 140 Å². The van der Waals surface area contributed by atoms with E-state index in [-0.39, 0.29) is 5.56 Å². The molecule has 6 nitrogen and oxygen atoms in total. The summed E-state index contributed by atoms with van der Waals surface area (Å²) in [5.41, 5.74) is 3.60. The Morgan fingerprint density at radius 1 is 1.12 bits per heavy atom. The maximum atomic E-state index is 11.8. The number of nitrogens with zero attached hydrogens (tertiary/aromatic N) is 2. The molecule has 3 aromatic rings. The standard InChI is InChI=1S/C18H19N5O/c1-19-15-4-2-3-13(11-15)5-10-21-18-22-16(12-17(24)23-18)14-6-8-20-9-7-14/h2-4,6-9,11-12,19H,5,10H2,1H3,(H2,21,22,23,24). The van der Waals surface area contributed by atoms with E-state index < -0.39 is 0 Å². The van der Waals surface area contributed by atoms with Crippen LogP contribution in [0.15, 0.2) is 59.7 Å². The van der Waals surface area contributed by atoms with E-state index in [9.17, 15) is 4.79 Å². The molecule has 0 aliphatic carbocycles. The Kier molecular flexibility index (Phi) is 4.86. The van der Waals surface area contributed by atoms with Gasteiger partial charge in [0, 0.05) is 43.3 Å². The Bertz CT molecular complexity index is 861. The van der Waals surface area contributed by atoms with Gasteiger partial charge in [0.2, 0.25) is 5.95 Å². The molecule has 1 aromatic carbocycles. The van der Waals surface area contributed by atoms with E-state index in [2.05, 4.69) is 37.7 Å². The van der Waals surface area contributed by atoms with Gasteiger partial charge in [-0.2, -0.15) is 0 Å². The lowest BCUT2D eigenvalue weighted by molar-refractivity contribution is 0.978. The van der Waals surface area contributed by atoms with Crippen LogP contribution in [-0.4, -0.2) is 28.5 Å². The molecule has 0 saturated heterocycles. The number of pyridine rings is 1. The van der Waals surface area contributed by atoms with Crippen molar-refractivity contribution in [1.82, 2.24) is 15.0 Å². The molecular formula is C18H19N5O. The molecular weight excluding hydrogens is 302 g/mol. The second-order valence-corrected chi connectivity index (χ2v) is 5.34. The zero-order valence-electron chi connectivity index (χ0n) is 13.4. The van der Waals surface area contributed by atoms with Crippen LogP contribution < -0.4 is 16.2 Å². The number of benzene rings is 1. The molecule has 6 heteroatoms. The van der Waals surface area contributed by atoms with E-state index in [0.717, 1.165) is 17.7 Å². The van der Waals surface area contributed by atoms with Crippen LogP contribution in [0.1, 0.15) is 5.56 Å². The fourth-order valence-electron chi connectivity index (χ4n) is 2.42. The van der Waals surface area contributed by atoms with E-state index in [4.69, 9.17) is 0 Å². The van der Waals surface area contributed by atoms with Crippen LogP contribution >= 0.6 is 0 Å². The number of hydrogen-bond acceptors (Lipinski definition) is 5. The van der Waals surface area contributed by atoms with Crippen LogP contribution in [-0.2, 0) is 6.42 Å². The molecule has 122 valence electrons. The second-order valence-electron chi connectivity index (χ2n) is 5.34. The van der Waals surface area contributed by atoms with Gasteiger partial charge in [0.1, 0.15) is 0 Å². The normalized spacial score (nSPS) is 10.4. The van der Waals surface area contributed by atoms with Crippen molar-refractivity contribution in [2.75, 3.05) is 24.2 Å². The fourth-order valence-corrected chi connectivity index (χ4v) is 2.42. The van der Waals surface area contributed by atoms with Gasteiger partial charge in [-0.3, -0.25) is 14.8 Å². The summed E-state index contributed by atoms with van der Waals surface area (Å²) in [5.74, 6) is 0.471. The molecule has 0 aliphatic heterocycles. The first kappa shape index (κ1) is 15.7. The Hall–Kier alpha value is -3.15. The lowest BCUT2D eigenvalue weighted by Gasteiger charge is -2.08. The fraction of sp³-hybridized carbons (Fsp3) is 0.167. The van der Waals surface area contributed by atoms with Gasteiger partial charge < -0.3 is 10.6 Å². The molecule has 2 heterocycles. The maximum absolute atomic E-state index is 11.8. The summed E-state index contributed by atoms with van der Waals surface area (Å²) in [7, 11) is 1.90. The SMILES string of the molecule is CNc1cccc(CCNc2nc(-c3ccncc3)cc(=O)[nH]2)c1. The number of aromatic nitrogens is 3. The zero-order valence-corrected chi connectivity index (χ0v) is 13.4. The van der Waals surface area contributed by atoms with Crippen molar-refractivity contribution in [3.63, 3.8) is 0 Å². The van der Waals surface area contributed by atoms with Gasteiger partial charge in [-0.1, -0.05) is 12.1 Å². The zero-order chi connectivity index (χ0) is 16.8. The van der Waals surface area contributed by atoms with Crippen LogP contribution in [0.4, 0.5) is 11.6 Å². The van der Waals surface area contributed by atoms with Gasteiger partial charge in [-0.05, 0) is 36.2 Å². The largest absolute Gasteiger partial charge is 0.388 e. The summed E-state index contributed by atoms with van der Waals surface area (Å²) in [5, 5.41) is 6.30. The molecule has 0 spiro atoms. The summed E-state index contributed by atoms with van der Waals surface area (Å²) in [6, 6.07) is 13.4. The van der Waals surface area contributed by atoms with Gasteiger partial charge in [-0.25, -0.2) is 4.98 Å². The summed E-state index contributed by atoms with van der Waals surface area (Å²) in [6.45, 7) is 0.676. The molecule has 24 heavy (non-hydrogen) atoms. The minimum absolute atomic E-state index is 0.184. The molecule has 0 unspecified atom stereocenters. The predicted octanol–water partition coefficient (Wildman–Crippen LogP) is 2.53. The number of hydrogen-bond donors (Lipinski definition) is 3. The summed E-state index contributed by atoms with van der Waals surface area (Å²) >= 11 is 0. The molecule has 0 bridgehead atoms. The van der Waals surface area contributed by atoms with Crippen molar-refractivity contribution in [2.24, 2.45) is 0 Å². The van der Waals surface area contributed by atoms with Crippen LogP contribution in [0.25, 0.3) is 11.3 Å². The summed E-state index contributed by atoms with van der Waals surface area (Å²) in [6.07, 6.45) is 4.19. The molecule has 0 radical (unpaired) electrons. The predicted molar refractivity (Wildman–Crippen MR) is 96.3 cm³/mol. The summed E-state index contributed by atoms with van der Waals surface area (Å²) in [4.78, 5) is 23.0. The highest BCUT2D eigenvalue weighted by atomic mass is 16.1. The second kappa shape index (κ2) is 7.41. The lowest BCUT2D eigenvalue weighted by Crippen LogP contribution is -2.14. The highest BCUT2D eigenvalue weighted by Gasteiger charge is 2.04. The molecule has 0 saturated carbocycles. The molecule has 0 atom stereocenters. The highest BCUT2D eigenvalue weighted by Crippen LogP contribution is 2.15. The Morgan fingerprint density at radius 3 is 2.75 bits per heavy atom. The van der Waals surface area contributed by atoms with Gasteiger partial charge in [0.25, 0.3) is 5.56 Å². The van der Waals surface area contributed by atoms with Gasteiger partial charge in [0.05, 0.1) is 5.69 Å². The lowest BCUT2D eigenvalue weighted by atomic mass is 10.1. The van der Waals surface area contributed by atoms with Gasteiger partial charge >= 0.3 is 0 Å². The molecule has 0 fully saturated rings. The highest BCUT2D eigenvalue weighted by molar-refractivity contribution is 5.59. The molecule has 0 amide bonds. The van der Waals surface area contributed by atoms with Crippen LogP contribution in [0.3, 0.4) is 0 Å². The first-order valence-electron chi connectivity index (χ1n) is 7.77. The quantitative estimate of drug-likeness (QED) is 0.650. The van der Waals surface area contributed by atoms with Crippen molar-refractivity contribution >= 4 is 11.6 Å². The van der Waals surface area contributed by atoms with Crippen molar-refractivity contribution in [1.29, 1.82) is 0 Å². The third kappa shape index (κ3) is 3.98. The minimum Gasteiger partial charge on any atom is -0.388 e. The van der Waals surface area contributed by atoms with Crippen molar-refractivity contribution < 1.29 is 0 Å². The first-order chi connectivity index (χ1) is 11.7. The first-order valence-corrected chi connectivity index (χ1v) is 7.77. The molecule has 3 N–H and O–H groups in total. The van der Waals surface area contributed by atoms with Gasteiger partial charge in [-0.15, -0.1) is 0 Å². The van der Waals surface area contributed by atoms with Crippen LogP contribution in [0.2, 0.25) is 0 Å². The molecule has 2 aromatic heterocycles. The van der Waals surface area contributed by atoms with Gasteiger partial charge in [0.15, 0.2) is 0 Å². The molecule has 3 rings (SSSR count). The number of nitrogens with one attached hydrogen (secondary N) is 3. The summed E-state index contributed by atoms with van der Waals surface area (Å²) < 4.78 is 0. The third-order valence-electron chi connectivity index (χ3n) is 3.64. The van der Waals surface area contributed by atoms with E-state index in [1.54, 1.807) is 12.4 Å². The van der Waals surface area contributed by atoms with Crippen LogP contribution in [0.5, 0.6) is 0 Å². The number of aromatic amines is 1. The van der Waals surface area contributed by atoms with Crippen molar-refractivity contribution in [3.8, 4) is 11.3 Å². The van der Waals surface area contributed by atoms with E-state index in [0.29, 0.717) is 18.2 Å². The maximum Gasteiger partial charge on any atom is 0.252 e. The molecule has 0 aliphatic rings. The topological polar surface area (TPSA) is 82.7 Å². The van der Waals surface area contributed by atoms with E-state index >= 15 is 0 Å². The van der Waals surface area contributed by atoms with Crippen LogP contribution in [0, 0.1) is 0 Å². The third-order valence-corrected chi connectivity index (χ3v) is 3.64. The van der Waals surface area contributed by atoms with E-state index in [1.165, 1.54) is 11.6 Å². The number of anilines is 2. The minimum atomic E-state index is -0.184. The smallest absolute Gasteiger partial charge is 0.252 e. The number of rotatable bonds is 6.